The molecule has 0 aromatic heterocycles. The zero-order valence-electron chi connectivity index (χ0n) is 20.2. The van der Waals surface area contributed by atoms with Gasteiger partial charge < -0.3 is 9.84 Å². The van der Waals surface area contributed by atoms with Gasteiger partial charge in [0.1, 0.15) is 11.6 Å². The predicted molar refractivity (Wildman–Crippen MR) is 134 cm³/mol. The van der Waals surface area contributed by atoms with Gasteiger partial charge in [0, 0.05) is 31.7 Å². The van der Waals surface area contributed by atoms with Crippen molar-refractivity contribution in [3.05, 3.63) is 94.8 Å². The van der Waals surface area contributed by atoms with Crippen LogP contribution in [-0.4, -0.2) is 62.0 Å². The number of sulfonamides is 1. The summed E-state index contributed by atoms with van der Waals surface area (Å²) in [5.41, 5.74) is 3.39. The Labute approximate surface area is 210 Å². The van der Waals surface area contributed by atoms with Gasteiger partial charge >= 0.3 is 5.97 Å². The SMILES string of the molecule is COC(=O)Cc1ccc(O)c(C(c2ccc(C)cc2)N2CCN(S(=O)(=O)c3ccc(F)cc3)CC2)c1. The lowest BCUT2D eigenvalue weighted by molar-refractivity contribution is -0.139. The van der Waals surface area contributed by atoms with E-state index in [0.717, 1.165) is 23.3 Å². The van der Waals surface area contributed by atoms with Gasteiger partial charge in [-0.1, -0.05) is 35.9 Å². The van der Waals surface area contributed by atoms with Gasteiger partial charge in [-0.2, -0.15) is 4.31 Å². The van der Waals surface area contributed by atoms with Crippen molar-refractivity contribution in [3.63, 3.8) is 0 Å². The molecule has 36 heavy (non-hydrogen) atoms. The molecule has 1 N–H and O–H groups in total. The first-order valence-corrected chi connectivity index (χ1v) is 13.1. The number of hydrogen-bond acceptors (Lipinski definition) is 6. The van der Waals surface area contributed by atoms with Gasteiger partial charge in [0.2, 0.25) is 10.0 Å². The van der Waals surface area contributed by atoms with Gasteiger partial charge in [0.05, 0.1) is 24.5 Å². The van der Waals surface area contributed by atoms with Gasteiger partial charge in [-0.3, -0.25) is 9.69 Å². The molecule has 1 aliphatic heterocycles. The summed E-state index contributed by atoms with van der Waals surface area (Å²) >= 11 is 0. The van der Waals surface area contributed by atoms with Crippen LogP contribution in [0.1, 0.15) is 28.3 Å². The van der Waals surface area contributed by atoms with Crippen molar-refractivity contribution < 1.29 is 27.4 Å². The third-order valence-electron chi connectivity index (χ3n) is 6.45. The number of rotatable bonds is 7. The minimum absolute atomic E-state index is 0.0561. The molecule has 0 spiro atoms. The quantitative estimate of drug-likeness (QED) is 0.487. The fourth-order valence-electron chi connectivity index (χ4n) is 4.47. The second-order valence-electron chi connectivity index (χ2n) is 8.85. The molecule has 1 fully saturated rings. The maximum atomic E-state index is 13.3. The fraction of sp³-hybridized carbons (Fsp3) is 0.296. The number of halogens is 1. The highest BCUT2D eigenvalue weighted by Crippen LogP contribution is 2.36. The van der Waals surface area contributed by atoms with E-state index in [0.29, 0.717) is 24.2 Å². The summed E-state index contributed by atoms with van der Waals surface area (Å²) in [6.07, 6.45) is 0.0775. The maximum absolute atomic E-state index is 13.3. The topological polar surface area (TPSA) is 87.2 Å². The molecule has 0 bridgehead atoms. The van der Waals surface area contributed by atoms with E-state index in [4.69, 9.17) is 4.74 Å². The zero-order valence-corrected chi connectivity index (χ0v) is 21.0. The summed E-state index contributed by atoms with van der Waals surface area (Å²) in [5.74, 6) is -0.775. The van der Waals surface area contributed by atoms with Gasteiger partial charge in [-0.15, -0.1) is 0 Å². The third kappa shape index (κ3) is 5.59. The Hall–Kier alpha value is -3.27. The maximum Gasteiger partial charge on any atom is 0.309 e. The van der Waals surface area contributed by atoms with Crippen LogP contribution < -0.4 is 0 Å². The molecule has 4 rings (SSSR count). The van der Waals surface area contributed by atoms with E-state index in [9.17, 15) is 22.7 Å². The first-order valence-electron chi connectivity index (χ1n) is 11.6. The Morgan fingerprint density at radius 3 is 2.25 bits per heavy atom. The molecule has 0 aliphatic carbocycles. The van der Waals surface area contributed by atoms with E-state index in [2.05, 4.69) is 4.90 Å². The van der Waals surface area contributed by atoms with Crippen LogP contribution >= 0.6 is 0 Å². The summed E-state index contributed by atoms with van der Waals surface area (Å²) in [4.78, 5) is 14.0. The number of aromatic hydroxyl groups is 1. The predicted octanol–water partition coefficient (Wildman–Crippen LogP) is 3.65. The van der Waals surface area contributed by atoms with Crippen LogP contribution in [0.2, 0.25) is 0 Å². The molecule has 1 unspecified atom stereocenters. The molecular formula is C27H29FN2O5S. The summed E-state index contributed by atoms with van der Waals surface area (Å²) in [6, 6.07) is 17.5. The normalized spacial score (nSPS) is 16.0. The van der Waals surface area contributed by atoms with E-state index in [1.54, 1.807) is 18.2 Å². The molecule has 1 heterocycles. The molecule has 0 amide bonds. The Bertz CT molecular complexity index is 1320. The molecule has 9 heteroatoms. The number of esters is 1. The van der Waals surface area contributed by atoms with E-state index >= 15 is 0 Å². The molecule has 1 aliphatic rings. The Morgan fingerprint density at radius 2 is 1.64 bits per heavy atom. The lowest BCUT2D eigenvalue weighted by atomic mass is 9.93. The second kappa shape index (κ2) is 10.8. The average Bonchev–Trinajstić information content (AvgIpc) is 2.87. The second-order valence-corrected chi connectivity index (χ2v) is 10.8. The molecule has 7 nitrogen and oxygen atoms in total. The number of phenolic OH excluding ortho intramolecular Hbond substituents is 1. The number of hydrogen-bond donors (Lipinski definition) is 1. The van der Waals surface area contributed by atoms with Crippen molar-refractivity contribution in [2.45, 2.75) is 24.3 Å². The van der Waals surface area contributed by atoms with Crippen LogP contribution in [0.4, 0.5) is 4.39 Å². The fourth-order valence-corrected chi connectivity index (χ4v) is 5.89. The van der Waals surface area contributed by atoms with E-state index in [-0.39, 0.29) is 42.2 Å². The first-order chi connectivity index (χ1) is 17.2. The van der Waals surface area contributed by atoms with Gasteiger partial charge in [0.15, 0.2) is 0 Å². The van der Waals surface area contributed by atoms with Crippen LogP contribution in [0.3, 0.4) is 0 Å². The third-order valence-corrected chi connectivity index (χ3v) is 8.36. The van der Waals surface area contributed by atoms with Gasteiger partial charge in [-0.25, -0.2) is 12.8 Å². The number of methoxy groups -OCH3 is 1. The van der Waals surface area contributed by atoms with Crippen molar-refractivity contribution in [3.8, 4) is 5.75 Å². The standard InChI is InChI=1S/C27H29FN2O5S/c1-19-3-6-21(7-4-19)27(24-17-20(5-12-25(24)31)18-26(32)35-2)29-13-15-30(16-14-29)36(33,34)23-10-8-22(28)9-11-23/h3-12,17,27,31H,13-16,18H2,1-2H3. The van der Waals surface area contributed by atoms with Crippen molar-refractivity contribution in [2.75, 3.05) is 33.3 Å². The summed E-state index contributed by atoms with van der Waals surface area (Å²) < 4.78 is 45.7. The summed E-state index contributed by atoms with van der Waals surface area (Å²) in [7, 11) is -2.42. The van der Waals surface area contributed by atoms with E-state index < -0.39 is 15.8 Å². The molecule has 0 radical (unpaired) electrons. The Balaban J connectivity index is 1.63. The summed E-state index contributed by atoms with van der Waals surface area (Å²) in [5, 5.41) is 10.8. The number of piperazine rings is 1. The Kier molecular flexibility index (Phi) is 7.73. The lowest BCUT2D eigenvalue weighted by Gasteiger charge is -2.39. The molecular weight excluding hydrogens is 483 g/mol. The number of aryl methyl sites for hydroxylation is 1. The molecule has 3 aromatic rings. The Morgan fingerprint density at radius 1 is 1.00 bits per heavy atom. The van der Waals surface area contributed by atoms with Crippen molar-refractivity contribution in [1.29, 1.82) is 0 Å². The van der Waals surface area contributed by atoms with E-state index in [1.807, 2.05) is 31.2 Å². The highest BCUT2D eigenvalue weighted by molar-refractivity contribution is 7.89. The summed E-state index contributed by atoms with van der Waals surface area (Å²) in [6.45, 7) is 3.31. The largest absolute Gasteiger partial charge is 0.508 e. The molecule has 1 atom stereocenters. The highest BCUT2D eigenvalue weighted by Gasteiger charge is 2.33. The van der Waals surface area contributed by atoms with Crippen molar-refractivity contribution in [2.24, 2.45) is 0 Å². The smallest absolute Gasteiger partial charge is 0.309 e. The van der Waals surface area contributed by atoms with Crippen molar-refractivity contribution in [1.82, 2.24) is 9.21 Å². The van der Waals surface area contributed by atoms with Crippen LogP contribution in [0, 0.1) is 12.7 Å². The minimum Gasteiger partial charge on any atom is -0.508 e. The number of ether oxygens (including phenoxy) is 1. The number of benzene rings is 3. The van der Waals surface area contributed by atoms with Gasteiger partial charge in [0.25, 0.3) is 0 Å². The first kappa shape index (κ1) is 25.8. The zero-order chi connectivity index (χ0) is 25.9. The molecule has 3 aromatic carbocycles. The monoisotopic (exact) mass is 512 g/mol. The number of carbonyl (C=O) groups is 1. The van der Waals surface area contributed by atoms with Crippen molar-refractivity contribution >= 4 is 16.0 Å². The minimum atomic E-state index is -3.75. The lowest BCUT2D eigenvalue weighted by Crippen LogP contribution is -2.49. The van der Waals surface area contributed by atoms with Crippen LogP contribution in [0.5, 0.6) is 5.75 Å². The molecule has 0 saturated carbocycles. The van der Waals surface area contributed by atoms with Crippen LogP contribution in [0.25, 0.3) is 0 Å². The average molecular weight is 513 g/mol. The number of carbonyl (C=O) groups excluding carboxylic acids is 1. The number of nitrogens with zero attached hydrogens (tertiary/aromatic N) is 2. The molecule has 1 saturated heterocycles. The van der Waals surface area contributed by atoms with E-state index in [1.165, 1.54) is 23.5 Å². The highest BCUT2D eigenvalue weighted by atomic mass is 32.2. The van der Waals surface area contributed by atoms with Crippen LogP contribution in [-0.2, 0) is 26.0 Å². The molecule has 190 valence electrons. The van der Waals surface area contributed by atoms with Crippen LogP contribution in [0.15, 0.2) is 71.6 Å². The number of phenols is 1. The van der Waals surface area contributed by atoms with Gasteiger partial charge in [-0.05, 0) is 54.4 Å².